The van der Waals surface area contributed by atoms with Gasteiger partial charge in [-0.3, -0.25) is 4.79 Å². The molecule has 1 N–H and O–H groups in total. The first-order valence-corrected chi connectivity index (χ1v) is 11.9. The molecule has 0 radical (unpaired) electrons. The summed E-state index contributed by atoms with van der Waals surface area (Å²) < 4.78 is 11.3. The molecule has 1 aliphatic heterocycles. The first kappa shape index (κ1) is 26.0. The van der Waals surface area contributed by atoms with Crippen LogP contribution in [0.4, 0.5) is 5.82 Å². The zero-order chi connectivity index (χ0) is 24.5. The summed E-state index contributed by atoms with van der Waals surface area (Å²) >= 11 is 6.38. The first-order valence-electron chi connectivity index (χ1n) is 11.6. The second-order valence-electron chi connectivity index (χ2n) is 8.87. The summed E-state index contributed by atoms with van der Waals surface area (Å²) in [6.07, 6.45) is 2.98. The molecule has 8 nitrogen and oxygen atoms in total. The molecule has 1 aliphatic rings. The van der Waals surface area contributed by atoms with Gasteiger partial charge in [0.25, 0.3) is 5.89 Å². The number of anilines is 1. The molecule has 1 fully saturated rings. The van der Waals surface area contributed by atoms with Gasteiger partial charge in [-0.2, -0.15) is 4.98 Å². The van der Waals surface area contributed by atoms with Gasteiger partial charge in [0.05, 0.1) is 17.0 Å². The van der Waals surface area contributed by atoms with Gasteiger partial charge in [0.15, 0.2) is 0 Å². The van der Waals surface area contributed by atoms with Crippen LogP contribution in [-0.4, -0.2) is 45.4 Å². The van der Waals surface area contributed by atoms with Crippen LogP contribution in [0.2, 0.25) is 5.02 Å². The molecular weight excluding hydrogens is 475 g/mol. The van der Waals surface area contributed by atoms with E-state index in [2.05, 4.69) is 20.0 Å². The topological polar surface area (TPSA) is 102 Å². The molecule has 0 spiro atoms. The Balaban J connectivity index is 0.00000190. The number of pyridine rings is 1. The second-order valence-corrected chi connectivity index (χ2v) is 9.28. The minimum atomic E-state index is -0.728. The van der Waals surface area contributed by atoms with Crippen LogP contribution in [-0.2, 0) is 4.79 Å². The molecule has 0 bridgehead atoms. The average molecular weight is 501 g/mol. The molecule has 182 valence electrons. The van der Waals surface area contributed by atoms with E-state index in [0.717, 1.165) is 22.2 Å². The average Bonchev–Trinajstić information content (AvgIpc) is 3.34. The number of rotatable bonds is 6. The molecule has 2 aromatic heterocycles. The van der Waals surface area contributed by atoms with Crippen molar-refractivity contribution in [3.63, 3.8) is 0 Å². The SMILES string of the molecule is CC(C)Oc1ccc(-c2nc(-c3cccc4c(N5CCC(C(=O)O)CC5)nccc34)no2)cc1Cl.[H-].[Li+]. The van der Waals surface area contributed by atoms with Crippen LogP contribution in [0.25, 0.3) is 33.6 Å². The number of piperidine rings is 1. The van der Waals surface area contributed by atoms with E-state index in [1.165, 1.54) is 0 Å². The van der Waals surface area contributed by atoms with Crippen LogP contribution in [0.15, 0.2) is 53.2 Å². The van der Waals surface area contributed by atoms with E-state index >= 15 is 0 Å². The third kappa shape index (κ3) is 5.22. The van der Waals surface area contributed by atoms with Crippen molar-refractivity contribution in [2.45, 2.75) is 32.8 Å². The van der Waals surface area contributed by atoms with Gasteiger partial charge in [-0.25, -0.2) is 4.98 Å². The molecule has 5 rings (SSSR count). The predicted octanol–water partition coefficient (Wildman–Crippen LogP) is 2.81. The molecule has 36 heavy (non-hydrogen) atoms. The smallest absolute Gasteiger partial charge is 1.00 e. The Kier molecular flexibility index (Phi) is 7.89. The quantitative estimate of drug-likeness (QED) is 0.403. The minimum Gasteiger partial charge on any atom is -1.00 e. The fourth-order valence-corrected chi connectivity index (χ4v) is 4.64. The number of halogens is 1. The number of aliphatic carboxylic acids is 1. The van der Waals surface area contributed by atoms with E-state index < -0.39 is 5.97 Å². The fraction of sp³-hybridized carbons (Fsp3) is 0.308. The number of hydrogen-bond donors (Lipinski definition) is 1. The number of ether oxygens (including phenoxy) is 1. The molecule has 4 aromatic rings. The summed E-state index contributed by atoms with van der Waals surface area (Å²) in [6, 6.07) is 13.2. The van der Waals surface area contributed by atoms with Gasteiger partial charge in [-0.05, 0) is 56.3 Å². The number of carboxylic acids is 1. The number of benzene rings is 2. The maximum Gasteiger partial charge on any atom is 1.00 e. The van der Waals surface area contributed by atoms with Crippen molar-refractivity contribution in [2.24, 2.45) is 5.92 Å². The predicted molar refractivity (Wildman–Crippen MR) is 135 cm³/mol. The second kappa shape index (κ2) is 10.9. The maximum absolute atomic E-state index is 11.3. The van der Waals surface area contributed by atoms with Crippen LogP contribution in [0.1, 0.15) is 28.1 Å². The summed E-state index contributed by atoms with van der Waals surface area (Å²) in [5.74, 6) is 1.24. The molecule has 2 aromatic carbocycles. The van der Waals surface area contributed by atoms with E-state index in [9.17, 15) is 9.90 Å². The third-order valence-corrected chi connectivity index (χ3v) is 6.43. The molecule has 3 heterocycles. The van der Waals surface area contributed by atoms with Crippen molar-refractivity contribution in [1.29, 1.82) is 0 Å². The Morgan fingerprint density at radius 3 is 2.67 bits per heavy atom. The van der Waals surface area contributed by atoms with E-state index in [-0.39, 0.29) is 32.3 Å². The van der Waals surface area contributed by atoms with Gasteiger partial charge in [-0.1, -0.05) is 35.0 Å². The van der Waals surface area contributed by atoms with E-state index in [1.807, 2.05) is 44.2 Å². The number of aromatic nitrogens is 3. The largest absolute Gasteiger partial charge is 1.00 e. The van der Waals surface area contributed by atoms with Gasteiger partial charge in [0.1, 0.15) is 11.6 Å². The van der Waals surface area contributed by atoms with Gasteiger partial charge in [0, 0.05) is 35.8 Å². The maximum atomic E-state index is 11.3. The minimum absolute atomic E-state index is 0. The van der Waals surface area contributed by atoms with Crippen LogP contribution < -0.4 is 28.5 Å². The van der Waals surface area contributed by atoms with E-state index in [4.69, 9.17) is 20.9 Å². The van der Waals surface area contributed by atoms with Crippen molar-refractivity contribution in [3.8, 4) is 28.6 Å². The summed E-state index contributed by atoms with van der Waals surface area (Å²) in [7, 11) is 0. The fourth-order valence-electron chi connectivity index (χ4n) is 4.41. The van der Waals surface area contributed by atoms with Crippen LogP contribution in [0.5, 0.6) is 5.75 Å². The van der Waals surface area contributed by atoms with Gasteiger partial charge < -0.3 is 20.7 Å². The van der Waals surface area contributed by atoms with Crippen LogP contribution in [0.3, 0.4) is 0 Å². The Hall–Kier alpha value is -3.05. The van der Waals surface area contributed by atoms with E-state index in [1.54, 1.807) is 18.3 Å². The molecule has 0 aliphatic carbocycles. The van der Waals surface area contributed by atoms with Crippen molar-refractivity contribution < 1.29 is 39.4 Å². The third-order valence-electron chi connectivity index (χ3n) is 6.14. The van der Waals surface area contributed by atoms with Gasteiger partial charge >= 0.3 is 24.8 Å². The number of carboxylic acid groups (broad SMARTS) is 1. The number of hydrogen-bond acceptors (Lipinski definition) is 7. The molecule has 1 saturated heterocycles. The van der Waals surface area contributed by atoms with E-state index in [0.29, 0.717) is 54.0 Å². The van der Waals surface area contributed by atoms with Crippen molar-refractivity contribution >= 4 is 34.2 Å². The summed E-state index contributed by atoms with van der Waals surface area (Å²) in [5.41, 5.74) is 1.53. The monoisotopic (exact) mass is 500 g/mol. The van der Waals surface area contributed by atoms with Gasteiger partial charge in [0.2, 0.25) is 5.82 Å². The zero-order valence-electron chi connectivity index (χ0n) is 21.4. The Bertz CT molecular complexity index is 1390. The van der Waals surface area contributed by atoms with Crippen molar-refractivity contribution in [2.75, 3.05) is 18.0 Å². The molecule has 0 saturated carbocycles. The molecule has 0 amide bonds. The summed E-state index contributed by atoms with van der Waals surface area (Å²) in [4.78, 5) is 22.7. The molecule has 0 atom stereocenters. The standard InChI is InChI=1S/C26H25ClN4O4.Li.H/c1-15(2)34-22-7-6-17(14-21(22)27)25-29-23(30-35-25)19-4-3-5-20-18(19)8-11-28-24(20)31-12-9-16(10-13-31)26(32)33;;/h3-8,11,14-16H,9-10,12-13H2,1-2H3,(H,32,33);;/q;+1;-1. The van der Waals surface area contributed by atoms with Crippen LogP contribution in [0, 0.1) is 5.92 Å². The van der Waals surface area contributed by atoms with Crippen LogP contribution >= 0.6 is 11.6 Å². The molecule has 0 unspecified atom stereocenters. The molecule has 10 heteroatoms. The zero-order valence-corrected chi connectivity index (χ0v) is 21.2. The van der Waals surface area contributed by atoms with Crippen molar-refractivity contribution in [1.82, 2.24) is 15.1 Å². The first-order chi connectivity index (χ1) is 16.9. The Labute approximate surface area is 227 Å². The molecular formula is C26H26ClLiN4O4. The number of carbonyl (C=O) groups is 1. The number of nitrogens with zero attached hydrogens (tertiary/aromatic N) is 4. The van der Waals surface area contributed by atoms with Gasteiger partial charge in [-0.15, -0.1) is 0 Å². The summed E-state index contributed by atoms with van der Waals surface area (Å²) in [5, 5.41) is 15.9. The normalized spacial score (nSPS) is 14.2. The Morgan fingerprint density at radius 1 is 1.19 bits per heavy atom. The van der Waals surface area contributed by atoms with Crippen molar-refractivity contribution in [3.05, 3.63) is 53.7 Å². The number of fused-ring (bicyclic) bond motifs is 1. The summed E-state index contributed by atoms with van der Waals surface area (Å²) in [6.45, 7) is 5.18. The Morgan fingerprint density at radius 2 is 1.97 bits per heavy atom.